The van der Waals surface area contributed by atoms with Crippen molar-refractivity contribution in [3.63, 3.8) is 0 Å². The van der Waals surface area contributed by atoms with Crippen LogP contribution in [-0.4, -0.2) is 52.8 Å². The number of hydrogen-bond acceptors (Lipinski definition) is 4. The fourth-order valence-electron chi connectivity index (χ4n) is 3.74. The number of aliphatic hydroxyl groups excluding tert-OH is 1. The van der Waals surface area contributed by atoms with Crippen LogP contribution in [0.25, 0.3) is 0 Å². The zero-order valence-electron chi connectivity index (χ0n) is 15.1. The van der Waals surface area contributed by atoms with E-state index in [4.69, 9.17) is 0 Å². The number of rotatable bonds is 7. The van der Waals surface area contributed by atoms with Gasteiger partial charge in [0.05, 0.1) is 12.1 Å². The van der Waals surface area contributed by atoms with Gasteiger partial charge < -0.3 is 15.7 Å². The number of amides is 2. The van der Waals surface area contributed by atoms with E-state index in [1.165, 1.54) is 5.56 Å². The van der Waals surface area contributed by atoms with Gasteiger partial charge in [-0.1, -0.05) is 6.07 Å². The Labute approximate surface area is 150 Å². The molecule has 1 aliphatic heterocycles. The van der Waals surface area contributed by atoms with Crippen LogP contribution in [0.2, 0.25) is 0 Å². The Morgan fingerprint density at radius 3 is 2.96 bits per heavy atom. The molecule has 0 aromatic carbocycles. The smallest absolute Gasteiger partial charge is 0.315 e. The zero-order valence-corrected chi connectivity index (χ0v) is 15.1. The van der Waals surface area contributed by atoms with Gasteiger partial charge in [-0.15, -0.1) is 0 Å². The molecule has 1 aliphatic carbocycles. The minimum absolute atomic E-state index is 0.00654. The summed E-state index contributed by atoms with van der Waals surface area (Å²) in [6.07, 6.45) is 8.19. The van der Waals surface area contributed by atoms with E-state index < -0.39 is 5.54 Å². The van der Waals surface area contributed by atoms with E-state index >= 15 is 0 Å². The van der Waals surface area contributed by atoms with Gasteiger partial charge in [0.15, 0.2) is 0 Å². The molecule has 1 aromatic rings. The molecule has 0 radical (unpaired) electrons. The highest BCUT2D eigenvalue weighted by Crippen LogP contribution is 2.39. The minimum atomic E-state index is -0.483. The predicted octanol–water partition coefficient (Wildman–Crippen LogP) is 1.75. The number of piperidine rings is 1. The van der Waals surface area contributed by atoms with Crippen molar-refractivity contribution in [2.75, 3.05) is 26.2 Å². The lowest BCUT2D eigenvalue weighted by Crippen LogP contribution is -2.55. The van der Waals surface area contributed by atoms with Crippen LogP contribution in [0.4, 0.5) is 4.79 Å². The first-order valence-electron chi connectivity index (χ1n) is 9.37. The van der Waals surface area contributed by atoms with E-state index in [0.29, 0.717) is 18.4 Å². The number of nitrogens with zero attached hydrogens (tertiary/aromatic N) is 2. The van der Waals surface area contributed by atoms with Crippen molar-refractivity contribution in [3.8, 4) is 0 Å². The number of carbonyl (C=O) groups excluding carboxylic acids is 1. The summed E-state index contributed by atoms with van der Waals surface area (Å²) in [5, 5.41) is 15.6. The molecule has 0 spiro atoms. The number of aliphatic hydroxyl groups is 1. The average molecular weight is 346 g/mol. The van der Waals surface area contributed by atoms with Crippen molar-refractivity contribution in [3.05, 3.63) is 30.1 Å². The first-order chi connectivity index (χ1) is 12.1. The summed E-state index contributed by atoms with van der Waals surface area (Å²) in [5.74, 6) is 0.880. The van der Waals surface area contributed by atoms with Gasteiger partial charge in [-0.2, -0.15) is 0 Å². The number of urea groups is 1. The second-order valence-electron chi connectivity index (χ2n) is 7.79. The Bertz CT molecular complexity index is 564. The highest BCUT2D eigenvalue weighted by atomic mass is 16.3. The lowest BCUT2D eigenvalue weighted by molar-refractivity contribution is 0.149. The molecular weight excluding hydrogens is 316 g/mol. The van der Waals surface area contributed by atoms with Crippen LogP contribution in [0, 0.1) is 11.8 Å². The van der Waals surface area contributed by atoms with E-state index in [1.54, 1.807) is 6.20 Å². The number of hydrogen-bond donors (Lipinski definition) is 3. The van der Waals surface area contributed by atoms with Gasteiger partial charge >= 0.3 is 6.03 Å². The standard InChI is InChI=1S/C19H30N4O2/c1-19(14-24,17-6-7-17)22-18(25)21-11-16-5-3-9-23(13-16)12-15-4-2-8-20-10-15/h2,4,8,10,16-17,24H,3,5-7,9,11-14H2,1H3,(H2,21,22,25)/t16-,19+/m0/s1. The van der Waals surface area contributed by atoms with E-state index in [2.05, 4.69) is 26.6 Å². The highest BCUT2D eigenvalue weighted by molar-refractivity contribution is 5.74. The molecule has 3 N–H and O–H groups in total. The van der Waals surface area contributed by atoms with Crippen LogP contribution in [0.15, 0.2) is 24.5 Å². The lowest BCUT2D eigenvalue weighted by Gasteiger charge is -2.33. The quantitative estimate of drug-likeness (QED) is 0.703. The third-order valence-electron chi connectivity index (χ3n) is 5.49. The minimum Gasteiger partial charge on any atom is -0.394 e. The third kappa shape index (κ3) is 5.16. The Morgan fingerprint density at radius 2 is 2.28 bits per heavy atom. The number of nitrogens with one attached hydrogen (secondary N) is 2. The summed E-state index contributed by atoms with van der Waals surface area (Å²) in [5.41, 5.74) is 0.750. The molecule has 6 nitrogen and oxygen atoms in total. The van der Waals surface area contributed by atoms with Gasteiger partial charge in [-0.05, 0) is 62.6 Å². The molecule has 2 fully saturated rings. The molecule has 1 saturated heterocycles. The number of likely N-dealkylation sites (tertiary alicyclic amines) is 1. The van der Waals surface area contributed by atoms with Crippen LogP contribution in [0.3, 0.4) is 0 Å². The predicted molar refractivity (Wildman–Crippen MR) is 97.0 cm³/mol. The van der Waals surface area contributed by atoms with Gasteiger partial charge in [0, 0.05) is 32.0 Å². The van der Waals surface area contributed by atoms with E-state index in [-0.39, 0.29) is 12.6 Å². The van der Waals surface area contributed by atoms with Gasteiger partial charge in [-0.25, -0.2) is 4.79 Å². The van der Waals surface area contributed by atoms with Crippen molar-refractivity contribution in [1.82, 2.24) is 20.5 Å². The molecule has 2 amide bonds. The van der Waals surface area contributed by atoms with Gasteiger partial charge in [0.25, 0.3) is 0 Å². The molecule has 0 unspecified atom stereocenters. The monoisotopic (exact) mass is 346 g/mol. The molecule has 6 heteroatoms. The van der Waals surface area contributed by atoms with E-state index in [0.717, 1.165) is 45.3 Å². The molecule has 3 rings (SSSR count). The summed E-state index contributed by atoms with van der Waals surface area (Å²) in [6.45, 7) is 5.62. The van der Waals surface area contributed by atoms with Crippen molar-refractivity contribution in [2.45, 2.75) is 44.7 Å². The van der Waals surface area contributed by atoms with Crippen LogP contribution < -0.4 is 10.6 Å². The Kier molecular flexibility index (Phi) is 5.91. The van der Waals surface area contributed by atoms with Crippen molar-refractivity contribution >= 4 is 6.03 Å². The Hall–Kier alpha value is -1.66. The summed E-state index contributed by atoms with van der Waals surface area (Å²) in [6, 6.07) is 3.92. The van der Waals surface area contributed by atoms with Gasteiger partial charge in [0.2, 0.25) is 0 Å². The van der Waals surface area contributed by atoms with Crippen molar-refractivity contribution in [1.29, 1.82) is 0 Å². The van der Waals surface area contributed by atoms with E-state index in [9.17, 15) is 9.90 Å². The summed E-state index contributed by atoms with van der Waals surface area (Å²) in [4.78, 5) is 18.8. The van der Waals surface area contributed by atoms with E-state index in [1.807, 2.05) is 19.2 Å². The molecule has 0 bridgehead atoms. The molecule has 2 heterocycles. The second kappa shape index (κ2) is 8.15. The SMILES string of the molecule is C[C@](CO)(NC(=O)NC[C@@H]1CCCN(Cc2cccnc2)C1)C1CC1. The molecule has 1 saturated carbocycles. The molecular formula is C19H30N4O2. The lowest BCUT2D eigenvalue weighted by atomic mass is 9.97. The topological polar surface area (TPSA) is 77.5 Å². The molecule has 25 heavy (non-hydrogen) atoms. The summed E-state index contributed by atoms with van der Waals surface area (Å²) in [7, 11) is 0. The second-order valence-corrected chi connectivity index (χ2v) is 7.79. The number of aromatic nitrogens is 1. The fourth-order valence-corrected chi connectivity index (χ4v) is 3.74. The van der Waals surface area contributed by atoms with Gasteiger partial charge in [0.1, 0.15) is 0 Å². The third-order valence-corrected chi connectivity index (χ3v) is 5.49. The zero-order chi connectivity index (χ0) is 17.7. The first kappa shape index (κ1) is 18.1. The number of carbonyl (C=O) groups is 1. The summed E-state index contributed by atoms with van der Waals surface area (Å²) < 4.78 is 0. The fraction of sp³-hybridized carbons (Fsp3) is 0.684. The molecule has 2 aliphatic rings. The first-order valence-corrected chi connectivity index (χ1v) is 9.37. The maximum atomic E-state index is 12.2. The van der Waals surface area contributed by atoms with Gasteiger partial charge in [-0.3, -0.25) is 9.88 Å². The molecule has 1 aromatic heterocycles. The molecule has 2 atom stereocenters. The average Bonchev–Trinajstić information content (AvgIpc) is 3.47. The normalized spacial score (nSPS) is 23.7. The highest BCUT2D eigenvalue weighted by Gasteiger charge is 2.42. The van der Waals surface area contributed by atoms with Crippen LogP contribution in [0.5, 0.6) is 0 Å². The van der Waals surface area contributed by atoms with Crippen molar-refractivity contribution < 1.29 is 9.90 Å². The van der Waals surface area contributed by atoms with Crippen molar-refractivity contribution in [2.24, 2.45) is 11.8 Å². The maximum Gasteiger partial charge on any atom is 0.315 e. The van der Waals surface area contributed by atoms with Crippen LogP contribution >= 0.6 is 0 Å². The Balaban J connectivity index is 1.42. The summed E-state index contributed by atoms with van der Waals surface area (Å²) >= 11 is 0. The van der Waals surface area contributed by atoms with Crippen LogP contribution in [-0.2, 0) is 6.54 Å². The number of pyridine rings is 1. The Morgan fingerprint density at radius 1 is 1.44 bits per heavy atom. The van der Waals surface area contributed by atoms with Crippen LogP contribution in [0.1, 0.15) is 38.2 Å². The largest absolute Gasteiger partial charge is 0.394 e. The maximum absolute atomic E-state index is 12.2. The molecule has 138 valence electrons.